The van der Waals surface area contributed by atoms with Gasteiger partial charge in [0, 0.05) is 59.2 Å². The molecule has 31 heavy (non-hydrogen) atoms. The maximum atomic E-state index is 12.7. The third-order valence-corrected chi connectivity index (χ3v) is 5.68. The molecule has 0 unspecified atom stereocenters. The molecule has 0 bridgehead atoms. The van der Waals surface area contributed by atoms with Gasteiger partial charge in [-0.15, -0.1) is 24.0 Å². The molecule has 0 saturated carbocycles. The zero-order valence-electron chi connectivity index (χ0n) is 18.2. The lowest BCUT2D eigenvalue weighted by Crippen LogP contribution is -2.55. The first-order valence-corrected chi connectivity index (χ1v) is 10.6. The summed E-state index contributed by atoms with van der Waals surface area (Å²) < 4.78 is 1.71. The van der Waals surface area contributed by atoms with Crippen molar-refractivity contribution in [3.05, 3.63) is 36.3 Å². The van der Waals surface area contributed by atoms with Crippen LogP contribution < -0.4 is 15.1 Å². The predicted molar refractivity (Wildman–Crippen MR) is 133 cm³/mol. The largest absolute Gasteiger partial charge is 0.357 e. The Bertz CT molecular complexity index is 908. The van der Waals surface area contributed by atoms with Gasteiger partial charge in [0.2, 0.25) is 5.91 Å². The Labute approximate surface area is 200 Å². The molecule has 1 N–H and O–H groups in total. The second-order valence-corrected chi connectivity index (χ2v) is 7.81. The molecule has 2 aromatic heterocycles. The van der Waals surface area contributed by atoms with Crippen molar-refractivity contribution in [2.75, 3.05) is 49.6 Å². The van der Waals surface area contributed by atoms with E-state index < -0.39 is 0 Å². The number of hydrogen-bond acceptors (Lipinski definition) is 5. The molecule has 2 fully saturated rings. The van der Waals surface area contributed by atoms with Crippen LogP contribution in [0.3, 0.4) is 0 Å². The molecule has 2 aromatic rings. The number of rotatable bonds is 4. The summed E-state index contributed by atoms with van der Waals surface area (Å²) in [7, 11) is 3.61. The lowest BCUT2D eigenvalue weighted by molar-refractivity contribution is -0.120. The zero-order valence-corrected chi connectivity index (χ0v) is 20.5. The van der Waals surface area contributed by atoms with Crippen LogP contribution >= 0.6 is 24.0 Å². The van der Waals surface area contributed by atoms with Crippen molar-refractivity contribution in [1.29, 1.82) is 0 Å². The number of carbonyl (C=O) groups is 1. The van der Waals surface area contributed by atoms with E-state index in [4.69, 9.17) is 0 Å². The highest BCUT2D eigenvalue weighted by Crippen LogP contribution is 2.19. The molecule has 4 heterocycles. The van der Waals surface area contributed by atoms with Crippen LogP contribution in [0, 0.1) is 0 Å². The number of piperazine rings is 1. The van der Waals surface area contributed by atoms with Crippen molar-refractivity contribution in [3.63, 3.8) is 0 Å². The fraction of sp³-hybridized carbons (Fsp3) is 0.524. The number of pyridine rings is 1. The topological polar surface area (TPSA) is 81.9 Å². The maximum absolute atomic E-state index is 12.7. The van der Waals surface area contributed by atoms with Crippen LogP contribution in [0.2, 0.25) is 0 Å². The highest BCUT2D eigenvalue weighted by atomic mass is 127. The van der Waals surface area contributed by atoms with Crippen LogP contribution in [0.1, 0.15) is 24.8 Å². The average molecular weight is 538 g/mol. The van der Waals surface area contributed by atoms with Gasteiger partial charge in [-0.1, -0.05) is 0 Å². The minimum atomic E-state index is 0. The van der Waals surface area contributed by atoms with Crippen LogP contribution in [-0.4, -0.2) is 71.3 Å². The lowest BCUT2D eigenvalue weighted by atomic mass is 10.1. The quantitative estimate of drug-likeness (QED) is 0.364. The van der Waals surface area contributed by atoms with Gasteiger partial charge in [-0.2, -0.15) is 5.10 Å². The third kappa shape index (κ3) is 5.66. The lowest BCUT2D eigenvalue weighted by Gasteiger charge is -2.35. The molecule has 0 aliphatic carbocycles. The number of guanidine groups is 1. The fourth-order valence-electron chi connectivity index (χ4n) is 4.05. The summed E-state index contributed by atoms with van der Waals surface area (Å²) in [5.74, 6) is 1.84. The van der Waals surface area contributed by atoms with E-state index in [0.29, 0.717) is 19.6 Å². The number of aryl methyl sites for hydroxylation is 1. The summed E-state index contributed by atoms with van der Waals surface area (Å²) in [6, 6.07) is 4.18. The predicted octanol–water partition coefficient (Wildman–Crippen LogP) is 1.85. The summed E-state index contributed by atoms with van der Waals surface area (Å²) in [6.45, 7) is 4.43. The Kier molecular flexibility index (Phi) is 8.10. The second kappa shape index (κ2) is 10.8. The molecule has 1 amide bonds. The molecule has 2 aliphatic heterocycles. The van der Waals surface area contributed by atoms with Crippen LogP contribution in [-0.2, 0) is 18.4 Å². The number of amides is 1. The Morgan fingerprint density at radius 1 is 1.19 bits per heavy atom. The van der Waals surface area contributed by atoms with Gasteiger partial charge in [-0.25, -0.2) is 4.98 Å². The van der Waals surface area contributed by atoms with Gasteiger partial charge < -0.3 is 20.0 Å². The number of carbonyl (C=O) groups excluding carboxylic acids is 1. The number of anilines is 2. The Hall–Kier alpha value is -2.37. The van der Waals surface area contributed by atoms with E-state index in [1.54, 1.807) is 22.8 Å². The summed E-state index contributed by atoms with van der Waals surface area (Å²) >= 11 is 0. The molecule has 0 atom stereocenters. The number of nitrogens with one attached hydrogen (secondary N) is 1. The molecule has 0 radical (unpaired) electrons. The molecule has 9 nitrogen and oxygen atoms in total. The van der Waals surface area contributed by atoms with E-state index in [1.165, 1.54) is 19.3 Å². The van der Waals surface area contributed by atoms with Gasteiger partial charge in [-0.3, -0.25) is 14.5 Å². The molecule has 168 valence electrons. The first kappa shape index (κ1) is 23.3. The van der Waals surface area contributed by atoms with Crippen molar-refractivity contribution in [1.82, 2.24) is 25.0 Å². The minimum Gasteiger partial charge on any atom is -0.357 e. The summed E-state index contributed by atoms with van der Waals surface area (Å²) in [5.41, 5.74) is 2.00. The fourth-order valence-corrected chi connectivity index (χ4v) is 4.05. The van der Waals surface area contributed by atoms with Gasteiger partial charge in [0.05, 0.1) is 11.9 Å². The molecule has 2 aliphatic rings. The third-order valence-electron chi connectivity index (χ3n) is 5.68. The minimum absolute atomic E-state index is 0. The average Bonchev–Trinajstić information content (AvgIpc) is 3.21. The molecule has 4 rings (SSSR count). The van der Waals surface area contributed by atoms with Crippen molar-refractivity contribution >= 4 is 47.3 Å². The van der Waals surface area contributed by atoms with Gasteiger partial charge in [0.25, 0.3) is 0 Å². The van der Waals surface area contributed by atoms with Crippen molar-refractivity contribution in [2.24, 2.45) is 12.0 Å². The number of nitrogens with zero attached hydrogens (tertiary/aromatic N) is 7. The molecule has 0 spiro atoms. The highest BCUT2D eigenvalue weighted by molar-refractivity contribution is 14.0. The number of hydrogen-bond donors (Lipinski definition) is 1. The summed E-state index contributed by atoms with van der Waals surface area (Å²) in [6.07, 6.45) is 9.24. The highest BCUT2D eigenvalue weighted by Gasteiger charge is 2.27. The van der Waals surface area contributed by atoms with Crippen LogP contribution in [0.15, 0.2) is 35.7 Å². The molecular weight excluding hydrogens is 507 g/mol. The SMILES string of the molecule is CN=C(NCc1ccnc(N2CCCCC2)c1)N1CCN(c2cnn(C)c2)C(=O)C1.I. The van der Waals surface area contributed by atoms with Gasteiger partial charge in [0.1, 0.15) is 12.4 Å². The van der Waals surface area contributed by atoms with Gasteiger partial charge >= 0.3 is 0 Å². The van der Waals surface area contributed by atoms with Crippen molar-refractivity contribution in [3.8, 4) is 0 Å². The zero-order chi connectivity index (χ0) is 20.9. The van der Waals surface area contributed by atoms with Crippen molar-refractivity contribution < 1.29 is 4.79 Å². The van der Waals surface area contributed by atoms with Gasteiger partial charge in [0.15, 0.2) is 5.96 Å². The Morgan fingerprint density at radius 2 is 2.00 bits per heavy atom. The first-order valence-electron chi connectivity index (χ1n) is 10.6. The number of piperidine rings is 1. The van der Waals surface area contributed by atoms with E-state index in [1.807, 2.05) is 30.4 Å². The van der Waals surface area contributed by atoms with Crippen LogP contribution in [0.4, 0.5) is 11.5 Å². The van der Waals surface area contributed by atoms with Crippen molar-refractivity contribution in [2.45, 2.75) is 25.8 Å². The number of aromatic nitrogens is 3. The molecule has 2 saturated heterocycles. The van der Waals surface area contributed by atoms with E-state index in [0.717, 1.165) is 42.7 Å². The monoisotopic (exact) mass is 538 g/mol. The molecular formula is C21H31IN8O. The second-order valence-electron chi connectivity index (χ2n) is 7.81. The van der Waals surface area contributed by atoms with E-state index >= 15 is 0 Å². The van der Waals surface area contributed by atoms with Crippen LogP contribution in [0.25, 0.3) is 0 Å². The van der Waals surface area contributed by atoms with E-state index in [-0.39, 0.29) is 29.9 Å². The Morgan fingerprint density at radius 3 is 2.68 bits per heavy atom. The number of aliphatic imine (C=N–C) groups is 1. The summed E-state index contributed by atoms with van der Waals surface area (Å²) in [5, 5.41) is 7.57. The normalized spacial score (nSPS) is 17.5. The molecule has 10 heteroatoms. The number of halogens is 1. The van der Waals surface area contributed by atoms with E-state index in [9.17, 15) is 4.79 Å². The van der Waals surface area contributed by atoms with Crippen LogP contribution in [0.5, 0.6) is 0 Å². The Balaban J connectivity index is 0.00000272. The van der Waals surface area contributed by atoms with Gasteiger partial charge in [-0.05, 0) is 37.0 Å². The summed E-state index contributed by atoms with van der Waals surface area (Å²) in [4.78, 5) is 27.8. The van der Waals surface area contributed by atoms with E-state index in [2.05, 4.69) is 31.4 Å². The maximum Gasteiger partial charge on any atom is 0.246 e. The smallest absolute Gasteiger partial charge is 0.246 e. The standard InChI is InChI=1S/C21H30N8O.HI/c1-22-21(28-10-11-29(20(30)16-28)18-14-25-26(2)15-18)24-13-17-6-7-23-19(12-17)27-8-4-3-5-9-27;/h6-7,12,14-15H,3-5,8-11,13,16H2,1-2H3,(H,22,24);1H. The first-order chi connectivity index (χ1) is 14.6. The molecule has 0 aromatic carbocycles.